The van der Waals surface area contributed by atoms with E-state index in [4.69, 9.17) is 32.8 Å². The second-order valence-electron chi connectivity index (χ2n) is 14.5. The summed E-state index contributed by atoms with van der Waals surface area (Å²) in [7, 11) is 1.18. The van der Waals surface area contributed by atoms with Gasteiger partial charge in [-0.05, 0) is 79.9 Å². The minimum atomic E-state index is -2.14. The molecule has 8 nitrogen and oxygen atoms in total. The van der Waals surface area contributed by atoms with Crippen molar-refractivity contribution in [2.75, 3.05) is 38.9 Å². The first-order valence-corrected chi connectivity index (χ1v) is 20.8. The summed E-state index contributed by atoms with van der Waals surface area (Å²) < 4.78 is 43.6. The molecular formula is C33H56O8S2Si. The predicted molar refractivity (Wildman–Crippen MR) is 181 cm³/mol. The zero-order valence-electron chi connectivity index (χ0n) is 28.5. The molecule has 1 unspecified atom stereocenters. The van der Waals surface area contributed by atoms with Crippen LogP contribution in [-0.2, 0) is 34.7 Å². The zero-order chi connectivity index (χ0) is 32.4. The average Bonchev–Trinajstić information content (AvgIpc) is 3.30. The van der Waals surface area contributed by atoms with E-state index in [1.165, 1.54) is 0 Å². The Morgan fingerprint density at radius 3 is 2.30 bits per heavy atom. The van der Waals surface area contributed by atoms with Crippen LogP contribution in [-0.4, -0.2) is 92.4 Å². The summed E-state index contributed by atoms with van der Waals surface area (Å²) in [6, 6.07) is 7.97. The third kappa shape index (κ3) is 8.38. The lowest BCUT2D eigenvalue weighted by molar-refractivity contribution is -0.338. The first-order valence-electron chi connectivity index (χ1n) is 15.9. The van der Waals surface area contributed by atoms with Crippen LogP contribution in [0.4, 0.5) is 0 Å². The Hall–Kier alpha value is -0.343. The molecule has 6 atom stereocenters. The van der Waals surface area contributed by atoms with Crippen molar-refractivity contribution in [3.8, 4) is 5.75 Å². The Bertz CT molecular complexity index is 1060. The monoisotopic (exact) mass is 672 g/mol. The molecule has 11 heteroatoms. The van der Waals surface area contributed by atoms with Crippen molar-refractivity contribution in [1.29, 1.82) is 0 Å². The third-order valence-corrected chi connectivity index (χ3v) is 17.4. The highest BCUT2D eigenvalue weighted by molar-refractivity contribution is 8.18. The number of thioether (sulfide) groups is 2. The van der Waals surface area contributed by atoms with Gasteiger partial charge in [-0.3, -0.25) is 0 Å². The molecule has 3 heterocycles. The van der Waals surface area contributed by atoms with Crippen LogP contribution in [0.5, 0.6) is 5.75 Å². The van der Waals surface area contributed by atoms with Crippen LogP contribution < -0.4 is 4.74 Å². The second kappa shape index (κ2) is 14.4. The van der Waals surface area contributed by atoms with Crippen LogP contribution in [0.15, 0.2) is 24.3 Å². The number of benzene rings is 1. The lowest BCUT2D eigenvalue weighted by Crippen LogP contribution is -2.65. The van der Waals surface area contributed by atoms with E-state index in [2.05, 4.69) is 40.8 Å². The van der Waals surface area contributed by atoms with E-state index in [9.17, 15) is 5.11 Å². The first kappa shape index (κ1) is 36.5. The van der Waals surface area contributed by atoms with E-state index in [0.717, 1.165) is 35.7 Å². The van der Waals surface area contributed by atoms with E-state index in [0.29, 0.717) is 19.6 Å². The molecule has 0 radical (unpaired) electrons. The zero-order valence-corrected chi connectivity index (χ0v) is 31.1. The van der Waals surface area contributed by atoms with Crippen LogP contribution in [0.1, 0.15) is 66.4 Å². The van der Waals surface area contributed by atoms with Crippen molar-refractivity contribution in [3.63, 3.8) is 0 Å². The Morgan fingerprint density at radius 2 is 1.70 bits per heavy atom. The summed E-state index contributed by atoms with van der Waals surface area (Å²) in [6.45, 7) is 18.5. The molecule has 3 saturated heterocycles. The molecule has 0 bridgehead atoms. The number of aliphatic hydroxyl groups excluding tert-OH is 1. The van der Waals surface area contributed by atoms with Crippen molar-refractivity contribution in [2.45, 2.75) is 126 Å². The van der Waals surface area contributed by atoms with Gasteiger partial charge in [-0.15, -0.1) is 23.5 Å². The van der Waals surface area contributed by atoms with Gasteiger partial charge in [-0.25, -0.2) is 0 Å². The molecular weight excluding hydrogens is 617 g/mol. The van der Waals surface area contributed by atoms with Crippen molar-refractivity contribution in [2.24, 2.45) is 5.92 Å². The Labute approximate surface area is 275 Å². The third-order valence-electron chi connectivity index (χ3n) is 9.47. The molecule has 1 N–H and O–H groups in total. The van der Waals surface area contributed by atoms with Gasteiger partial charge in [0.15, 0.2) is 14.1 Å². The molecule has 0 aliphatic carbocycles. The lowest BCUT2D eigenvalue weighted by atomic mass is 9.90. The second-order valence-corrected chi connectivity index (χ2v) is 22.4. The van der Waals surface area contributed by atoms with Gasteiger partial charge in [0.2, 0.25) is 5.79 Å². The standard InChI is InChI=1S/C33H56O8S2Si/c1-23(20-37-21-24-12-14-25(35-7)15-13-24)19-33(42-16-11-17-43-33)28(34)26-18-27-29(41-31(5,6)39-27)32(36-8,40-26)22-38-44(9,10)30(2,3)4/h12-15,23,26-29,34H,11,16-22H2,1-10H3/t23-,26+,27+,28?,29+,32+/m0/s1. The SMILES string of the molecule is COc1ccc(COC[C@@H](C)CC2(C(O)[C@H]3C[C@H]4OC(C)(C)O[C@H]4[C@](CO[Si](C)(C)C(C)(C)C)(OC)O3)SCCCS2)cc1. The molecule has 0 spiro atoms. The summed E-state index contributed by atoms with van der Waals surface area (Å²) in [5.74, 6) is 1.08. The fourth-order valence-electron chi connectivity index (χ4n) is 5.94. The van der Waals surface area contributed by atoms with Crippen LogP contribution in [0.3, 0.4) is 0 Å². The van der Waals surface area contributed by atoms with Gasteiger partial charge in [-0.1, -0.05) is 39.8 Å². The van der Waals surface area contributed by atoms with Gasteiger partial charge in [0, 0.05) is 20.1 Å². The average molecular weight is 673 g/mol. The maximum absolute atomic E-state index is 12.3. The Morgan fingerprint density at radius 1 is 1.05 bits per heavy atom. The van der Waals surface area contributed by atoms with Gasteiger partial charge < -0.3 is 38.0 Å². The summed E-state index contributed by atoms with van der Waals surface area (Å²) in [5.41, 5.74) is 1.11. The molecule has 0 amide bonds. The minimum Gasteiger partial charge on any atom is -0.497 e. The highest BCUT2D eigenvalue weighted by Crippen LogP contribution is 2.53. The molecule has 4 rings (SSSR count). The highest BCUT2D eigenvalue weighted by atomic mass is 32.2. The quantitative estimate of drug-likeness (QED) is 0.225. The number of methoxy groups -OCH3 is 2. The summed E-state index contributed by atoms with van der Waals surface area (Å²) in [5, 5.41) is 12.3. The maximum atomic E-state index is 12.3. The topological polar surface area (TPSA) is 84.8 Å². The summed E-state index contributed by atoms with van der Waals surface area (Å²) in [6.07, 6.45) is 0.413. The molecule has 44 heavy (non-hydrogen) atoms. The molecule has 1 aromatic rings. The van der Waals surface area contributed by atoms with Crippen molar-refractivity contribution < 1.29 is 38.0 Å². The molecule has 1 aromatic carbocycles. The van der Waals surface area contributed by atoms with Gasteiger partial charge in [0.25, 0.3) is 0 Å². The highest BCUT2D eigenvalue weighted by Gasteiger charge is 2.62. The first-order chi connectivity index (χ1) is 20.6. The molecule has 252 valence electrons. The number of hydrogen-bond acceptors (Lipinski definition) is 10. The number of hydrogen-bond donors (Lipinski definition) is 1. The normalized spacial score (nSPS) is 30.0. The van der Waals surface area contributed by atoms with Crippen molar-refractivity contribution >= 4 is 31.8 Å². The Balaban J connectivity index is 1.50. The van der Waals surface area contributed by atoms with E-state index >= 15 is 0 Å². The van der Waals surface area contributed by atoms with Crippen LogP contribution >= 0.6 is 23.5 Å². The van der Waals surface area contributed by atoms with Crippen LogP contribution in [0, 0.1) is 5.92 Å². The van der Waals surface area contributed by atoms with E-state index in [1.54, 1.807) is 14.2 Å². The van der Waals surface area contributed by atoms with E-state index < -0.39 is 42.3 Å². The van der Waals surface area contributed by atoms with E-state index in [-0.39, 0.29) is 23.7 Å². The van der Waals surface area contributed by atoms with Gasteiger partial charge in [-0.2, -0.15) is 0 Å². The largest absolute Gasteiger partial charge is 0.497 e. The Kier molecular flexibility index (Phi) is 12.0. The molecule has 3 aliphatic heterocycles. The van der Waals surface area contributed by atoms with E-state index in [1.807, 2.05) is 61.6 Å². The van der Waals surface area contributed by atoms with Gasteiger partial charge in [0.1, 0.15) is 18.0 Å². The minimum absolute atomic E-state index is 0.0201. The fraction of sp³-hybridized carbons (Fsp3) is 0.818. The van der Waals surface area contributed by atoms with Crippen molar-refractivity contribution in [1.82, 2.24) is 0 Å². The number of aliphatic hydroxyl groups is 1. The lowest BCUT2D eigenvalue weighted by Gasteiger charge is -2.51. The van der Waals surface area contributed by atoms with Crippen LogP contribution in [0.25, 0.3) is 0 Å². The smallest absolute Gasteiger partial charge is 0.220 e. The molecule has 0 saturated carbocycles. The number of rotatable bonds is 13. The molecule has 3 aliphatic rings. The molecule has 3 fully saturated rings. The maximum Gasteiger partial charge on any atom is 0.220 e. The number of ether oxygens (including phenoxy) is 6. The van der Waals surface area contributed by atoms with Crippen molar-refractivity contribution in [3.05, 3.63) is 29.8 Å². The van der Waals surface area contributed by atoms with Gasteiger partial charge >= 0.3 is 0 Å². The molecule has 0 aromatic heterocycles. The number of fused-ring (bicyclic) bond motifs is 1. The summed E-state index contributed by atoms with van der Waals surface area (Å²) >= 11 is 3.71. The van der Waals surface area contributed by atoms with Crippen LogP contribution in [0.2, 0.25) is 18.1 Å². The summed E-state index contributed by atoms with van der Waals surface area (Å²) in [4.78, 5) is 0. The predicted octanol–water partition coefficient (Wildman–Crippen LogP) is 6.84. The fourth-order valence-corrected chi connectivity index (χ4v) is 10.7. The van der Waals surface area contributed by atoms with Gasteiger partial charge in [0.05, 0.1) is 36.6 Å².